The Morgan fingerprint density at radius 3 is 2.59 bits per heavy atom. The fourth-order valence-electron chi connectivity index (χ4n) is 2.17. The van der Waals surface area contributed by atoms with Crippen molar-refractivity contribution in [2.45, 2.75) is 38.7 Å². The summed E-state index contributed by atoms with van der Waals surface area (Å²) >= 11 is 0. The van der Waals surface area contributed by atoms with E-state index in [9.17, 15) is 5.11 Å². The molecule has 1 aromatic carbocycles. The van der Waals surface area contributed by atoms with Crippen LogP contribution in [-0.4, -0.2) is 24.3 Å². The minimum Gasteiger partial charge on any atom is -0.391 e. The van der Waals surface area contributed by atoms with Crippen LogP contribution in [0.3, 0.4) is 0 Å². The van der Waals surface area contributed by atoms with Crippen LogP contribution in [0.1, 0.15) is 32.6 Å². The Hall–Kier alpha value is -1.02. The van der Waals surface area contributed by atoms with Gasteiger partial charge in [0, 0.05) is 18.8 Å². The number of hydrogen-bond donors (Lipinski definition) is 1. The van der Waals surface area contributed by atoms with Gasteiger partial charge in [-0.15, -0.1) is 0 Å². The smallest absolute Gasteiger partial charge is 0.0743 e. The Bertz CT molecular complexity index is 321. The van der Waals surface area contributed by atoms with Gasteiger partial charge in [-0.1, -0.05) is 31.5 Å². The highest BCUT2D eigenvalue weighted by Crippen LogP contribution is 2.33. The van der Waals surface area contributed by atoms with Crippen LogP contribution in [0.5, 0.6) is 0 Å². The Morgan fingerprint density at radius 1 is 1.29 bits per heavy atom. The van der Waals surface area contributed by atoms with E-state index in [4.69, 9.17) is 0 Å². The standard InChI is InChI=1S/C15H23NO/c1-2-3-11-16(12-15(17)13-9-10-13)14-7-5-4-6-8-14/h4-8,13,15,17H,2-3,9-12H2,1H3. The summed E-state index contributed by atoms with van der Waals surface area (Å²) in [5.41, 5.74) is 1.24. The van der Waals surface area contributed by atoms with E-state index in [1.165, 1.54) is 31.4 Å². The van der Waals surface area contributed by atoms with Crippen molar-refractivity contribution in [2.24, 2.45) is 5.92 Å². The Labute approximate surface area is 104 Å². The fraction of sp³-hybridized carbons (Fsp3) is 0.600. The first-order chi connectivity index (χ1) is 8.31. The molecule has 0 aromatic heterocycles. The maximum Gasteiger partial charge on any atom is 0.0743 e. The molecular weight excluding hydrogens is 210 g/mol. The lowest BCUT2D eigenvalue weighted by Crippen LogP contribution is -2.34. The van der Waals surface area contributed by atoms with Crippen LogP contribution >= 0.6 is 0 Å². The molecule has 2 heteroatoms. The van der Waals surface area contributed by atoms with Crippen LogP contribution in [0.25, 0.3) is 0 Å². The van der Waals surface area contributed by atoms with Gasteiger partial charge in [-0.25, -0.2) is 0 Å². The molecule has 1 saturated carbocycles. The van der Waals surface area contributed by atoms with Gasteiger partial charge in [0.15, 0.2) is 0 Å². The molecule has 0 radical (unpaired) electrons. The van der Waals surface area contributed by atoms with Gasteiger partial charge in [0.05, 0.1) is 6.10 Å². The van der Waals surface area contributed by atoms with Gasteiger partial charge in [0.25, 0.3) is 0 Å². The van der Waals surface area contributed by atoms with Gasteiger partial charge < -0.3 is 10.0 Å². The van der Waals surface area contributed by atoms with Crippen LogP contribution in [0.2, 0.25) is 0 Å². The normalized spacial score (nSPS) is 16.8. The number of nitrogens with zero attached hydrogens (tertiary/aromatic N) is 1. The number of anilines is 1. The Morgan fingerprint density at radius 2 is 2.00 bits per heavy atom. The van der Waals surface area contributed by atoms with E-state index in [1.807, 2.05) is 6.07 Å². The molecule has 0 spiro atoms. The molecule has 94 valence electrons. The fourth-order valence-corrected chi connectivity index (χ4v) is 2.17. The van der Waals surface area contributed by atoms with Gasteiger partial charge in [-0.3, -0.25) is 0 Å². The summed E-state index contributed by atoms with van der Waals surface area (Å²) in [6.07, 6.45) is 4.65. The average Bonchev–Trinajstić information content (AvgIpc) is 3.19. The highest BCUT2D eigenvalue weighted by molar-refractivity contribution is 5.46. The molecule has 1 N–H and O–H groups in total. The molecular formula is C15H23NO. The summed E-state index contributed by atoms with van der Waals surface area (Å²) in [7, 11) is 0. The number of benzene rings is 1. The zero-order valence-electron chi connectivity index (χ0n) is 10.7. The summed E-state index contributed by atoms with van der Waals surface area (Å²) < 4.78 is 0. The minimum absolute atomic E-state index is 0.146. The molecule has 0 saturated heterocycles. The summed E-state index contributed by atoms with van der Waals surface area (Å²) in [6.45, 7) is 4.04. The number of unbranched alkanes of at least 4 members (excludes halogenated alkanes) is 1. The average molecular weight is 233 g/mol. The van der Waals surface area contributed by atoms with Crippen molar-refractivity contribution in [2.75, 3.05) is 18.0 Å². The number of aliphatic hydroxyl groups excluding tert-OH is 1. The summed E-state index contributed by atoms with van der Waals surface area (Å²) in [5, 5.41) is 10.1. The first-order valence-corrected chi connectivity index (χ1v) is 6.79. The van der Waals surface area contributed by atoms with Gasteiger partial charge in [0.1, 0.15) is 0 Å². The zero-order valence-corrected chi connectivity index (χ0v) is 10.7. The lowest BCUT2D eigenvalue weighted by atomic mass is 10.2. The predicted octanol–water partition coefficient (Wildman–Crippen LogP) is 3.06. The molecule has 0 heterocycles. The summed E-state index contributed by atoms with van der Waals surface area (Å²) in [4.78, 5) is 2.33. The van der Waals surface area contributed by atoms with Crippen molar-refractivity contribution in [1.82, 2.24) is 0 Å². The van der Waals surface area contributed by atoms with E-state index in [0.717, 1.165) is 13.1 Å². The maximum atomic E-state index is 10.1. The second-order valence-electron chi connectivity index (χ2n) is 5.04. The SMILES string of the molecule is CCCCN(CC(O)C1CC1)c1ccccc1. The predicted molar refractivity (Wildman–Crippen MR) is 72.3 cm³/mol. The van der Waals surface area contributed by atoms with Crippen LogP contribution < -0.4 is 4.90 Å². The van der Waals surface area contributed by atoms with Crippen molar-refractivity contribution in [3.05, 3.63) is 30.3 Å². The highest BCUT2D eigenvalue weighted by Gasteiger charge is 2.30. The lowest BCUT2D eigenvalue weighted by Gasteiger charge is -2.27. The molecule has 1 unspecified atom stereocenters. The summed E-state index contributed by atoms with van der Waals surface area (Å²) in [5.74, 6) is 0.558. The molecule has 0 bridgehead atoms. The van der Waals surface area contributed by atoms with E-state index in [-0.39, 0.29) is 6.10 Å². The first-order valence-electron chi connectivity index (χ1n) is 6.79. The largest absolute Gasteiger partial charge is 0.391 e. The van der Waals surface area contributed by atoms with Crippen molar-refractivity contribution in [1.29, 1.82) is 0 Å². The maximum absolute atomic E-state index is 10.1. The molecule has 2 rings (SSSR count). The van der Waals surface area contributed by atoms with E-state index in [0.29, 0.717) is 5.92 Å². The lowest BCUT2D eigenvalue weighted by molar-refractivity contribution is 0.156. The molecule has 0 amide bonds. The van der Waals surface area contributed by atoms with Crippen LogP contribution in [0.4, 0.5) is 5.69 Å². The second-order valence-corrected chi connectivity index (χ2v) is 5.04. The van der Waals surface area contributed by atoms with Crippen molar-refractivity contribution in [3.63, 3.8) is 0 Å². The zero-order chi connectivity index (χ0) is 12.1. The van der Waals surface area contributed by atoms with Crippen molar-refractivity contribution >= 4 is 5.69 Å². The van der Waals surface area contributed by atoms with Crippen molar-refractivity contribution < 1.29 is 5.11 Å². The summed E-state index contributed by atoms with van der Waals surface area (Å²) in [6, 6.07) is 10.4. The monoisotopic (exact) mass is 233 g/mol. The van der Waals surface area contributed by atoms with Gasteiger partial charge >= 0.3 is 0 Å². The van der Waals surface area contributed by atoms with E-state index < -0.39 is 0 Å². The third-order valence-electron chi connectivity index (χ3n) is 3.48. The molecule has 17 heavy (non-hydrogen) atoms. The Kier molecular flexibility index (Phi) is 4.43. The van der Waals surface area contributed by atoms with Gasteiger partial charge in [-0.2, -0.15) is 0 Å². The first kappa shape index (κ1) is 12.4. The molecule has 1 aliphatic carbocycles. The van der Waals surface area contributed by atoms with Gasteiger partial charge in [0.2, 0.25) is 0 Å². The van der Waals surface area contributed by atoms with Crippen molar-refractivity contribution in [3.8, 4) is 0 Å². The Balaban J connectivity index is 1.96. The molecule has 1 aliphatic rings. The molecule has 0 aliphatic heterocycles. The molecule has 1 fully saturated rings. The highest BCUT2D eigenvalue weighted by atomic mass is 16.3. The minimum atomic E-state index is -0.146. The van der Waals surface area contributed by atoms with E-state index >= 15 is 0 Å². The number of aliphatic hydroxyl groups is 1. The third kappa shape index (κ3) is 3.74. The molecule has 1 atom stereocenters. The van der Waals surface area contributed by atoms with Crippen LogP contribution in [0, 0.1) is 5.92 Å². The van der Waals surface area contributed by atoms with Crippen LogP contribution in [0.15, 0.2) is 30.3 Å². The van der Waals surface area contributed by atoms with E-state index in [1.54, 1.807) is 0 Å². The topological polar surface area (TPSA) is 23.5 Å². The third-order valence-corrected chi connectivity index (χ3v) is 3.48. The van der Waals surface area contributed by atoms with E-state index in [2.05, 4.69) is 36.1 Å². The van der Waals surface area contributed by atoms with Crippen LogP contribution in [-0.2, 0) is 0 Å². The van der Waals surface area contributed by atoms with Gasteiger partial charge in [-0.05, 0) is 37.3 Å². The molecule has 2 nitrogen and oxygen atoms in total. The number of hydrogen-bond acceptors (Lipinski definition) is 2. The quantitative estimate of drug-likeness (QED) is 0.782. The number of para-hydroxylation sites is 1. The number of rotatable bonds is 7. The second kappa shape index (κ2) is 6.06. The molecule has 1 aromatic rings.